The number of nitrogens with one attached hydrogen (secondary N) is 2. The Hall–Kier alpha value is -3.17. The molecular formula is C13H20N8O2. The predicted octanol–water partition coefficient (Wildman–Crippen LogP) is -0.836. The SMILES string of the molecule is CC[C@@H](Nc1cnc(C(N)=O)c(N/C(C=NC)=C/N)n1)C(N)=O. The number of hydrogen-bond acceptors (Lipinski definition) is 8. The van der Waals surface area contributed by atoms with Gasteiger partial charge in [-0.1, -0.05) is 6.92 Å². The Kier molecular flexibility index (Phi) is 6.46. The van der Waals surface area contributed by atoms with Crippen LogP contribution in [0.25, 0.3) is 0 Å². The molecular weight excluding hydrogens is 300 g/mol. The highest BCUT2D eigenvalue weighted by Crippen LogP contribution is 2.15. The van der Waals surface area contributed by atoms with Gasteiger partial charge < -0.3 is 27.8 Å². The molecule has 23 heavy (non-hydrogen) atoms. The number of nitrogens with zero attached hydrogens (tertiary/aromatic N) is 3. The third-order valence-electron chi connectivity index (χ3n) is 2.79. The van der Waals surface area contributed by atoms with Crippen LogP contribution in [-0.2, 0) is 4.79 Å². The minimum absolute atomic E-state index is 0.0773. The number of primary amides is 2. The van der Waals surface area contributed by atoms with Crippen LogP contribution in [0.1, 0.15) is 23.8 Å². The number of aliphatic imine (C=N–C) groups is 1. The lowest BCUT2D eigenvalue weighted by atomic mass is 10.2. The van der Waals surface area contributed by atoms with Crippen molar-refractivity contribution in [2.24, 2.45) is 22.2 Å². The number of amides is 2. The van der Waals surface area contributed by atoms with Gasteiger partial charge in [0.05, 0.1) is 11.9 Å². The van der Waals surface area contributed by atoms with E-state index in [1.807, 2.05) is 0 Å². The highest BCUT2D eigenvalue weighted by Gasteiger charge is 2.17. The fourth-order valence-electron chi connectivity index (χ4n) is 1.67. The van der Waals surface area contributed by atoms with Crippen LogP contribution < -0.4 is 27.8 Å². The van der Waals surface area contributed by atoms with E-state index >= 15 is 0 Å². The average molecular weight is 320 g/mol. The standard InChI is InChI=1S/C13H20N8O2/c1-3-8(11(15)22)20-9-6-18-10(12(16)23)13(21-9)19-7(4-14)5-17-2/h4-6,8H,3,14H2,1-2H3,(H2,15,22)(H2,16,23)(H2,19,20,21)/b7-4+,17-5?/t8-/m1/s1. The average Bonchev–Trinajstić information content (AvgIpc) is 2.51. The molecule has 2 amide bonds. The second kappa shape index (κ2) is 8.32. The summed E-state index contributed by atoms with van der Waals surface area (Å²) in [5, 5.41) is 5.63. The first-order chi connectivity index (χ1) is 10.9. The lowest BCUT2D eigenvalue weighted by Crippen LogP contribution is -2.35. The Morgan fingerprint density at radius 1 is 1.43 bits per heavy atom. The van der Waals surface area contributed by atoms with Gasteiger partial charge in [0.15, 0.2) is 11.5 Å². The van der Waals surface area contributed by atoms with Crippen LogP contribution in [0.15, 0.2) is 23.1 Å². The maximum absolute atomic E-state index is 11.4. The molecule has 0 aliphatic rings. The van der Waals surface area contributed by atoms with E-state index in [-0.39, 0.29) is 17.3 Å². The summed E-state index contributed by atoms with van der Waals surface area (Å²) in [5.74, 6) is -0.951. The van der Waals surface area contributed by atoms with Crippen LogP contribution >= 0.6 is 0 Å². The smallest absolute Gasteiger partial charge is 0.271 e. The maximum Gasteiger partial charge on any atom is 0.271 e. The van der Waals surface area contributed by atoms with E-state index < -0.39 is 17.9 Å². The zero-order valence-corrected chi connectivity index (χ0v) is 12.9. The van der Waals surface area contributed by atoms with Gasteiger partial charge in [-0.2, -0.15) is 0 Å². The fourth-order valence-corrected chi connectivity index (χ4v) is 1.67. The Morgan fingerprint density at radius 3 is 2.61 bits per heavy atom. The van der Waals surface area contributed by atoms with Crippen molar-refractivity contribution in [1.29, 1.82) is 0 Å². The number of rotatable bonds is 8. The minimum Gasteiger partial charge on any atom is -0.403 e. The molecule has 10 nitrogen and oxygen atoms in total. The number of aromatic nitrogens is 2. The van der Waals surface area contributed by atoms with Crippen molar-refractivity contribution in [1.82, 2.24) is 9.97 Å². The molecule has 8 N–H and O–H groups in total. The second-order valence-corrected chi connectivity index (χ2v) is 4.46. The second-order valence-electron chi connectivity index (χ2n) is 4.46. The molecule has 1 heterocycles. The van der Waals surface area contributed by atoms with Gasteiger partial charge in [0, 0.05) is 19.5 Å². The maximum atomic E-state index is 11.4. The van der Waals surface area contributed by atoms with Crippen molar-refractivity contribution >= 4 is 29.7 Å². The zero-order valence-electron chi connectivity index (χ0n) is 12.9. The van der Waals surface area contributed by atoms with Gasteiger partial charge in [-0.15, -0.1) is 0 Å². The largest absolute Gasteiger partial charge is 0.403 e. The van der Waals surface area contributed by atoms with Crippen LogP contribution in [0.3, 0.4) is 0 Å². The van der Waals surface area contributed by atoms with Gasteiger partial charge in [-0.05, 0) is 6.42 Å². The summed E-state index contributed by atoms with van der Waals surface area (Å²) in [6.45, 7) is 1.79. The third kappa shape index (κ3) is 4.95. The Bertz CT molecular complexity index is 641. The lowest BCUT2D eigenvalue weighted by molar-refractivity contribution is -0.118. The first-order valence-electron chi connectivity index (χ1n) is 6.76. The molecule has 1 aromatic rings. The number of carbonyl (C=O) groups is 2. The van der Waals surface area contributed by atoms with Gasteiger partial charge in [-0.25, -0.2) is 9.97 Å². The molecule has 0 aliphatic carbocycles. The van der Waals surface area contributed by atoms with E-state index in [0.717, 1.165) is 0 Å². The Morgan fingerprint density at radius 2 is 2.13 bits per heavy atom. The normalized spacial score (nSPS) is 12.9. The summed E-state index contributed by atoms with van der Waals surface area (Å²) in [5.41, 5.74) is 16.3. The van der Waals surface area contributed by atoms with Crippen molar-refractivity contribution in [3.05, 3.63) is 23.8 Å². The number of nitrogens with two attached hydrogens (primary N) is 3. The van der Waals surface area contributed by atoms with Gasteiger partial charge in [0.25, 0.3) is 5.91 Å². The molecule has 0 fully saturated rings. The van der Waals surface area contributed by atoms with E-state index in [1.165, 1.54) is 18.6 Å². The van der Waals surface area contributed by atoms with Crippen LogP contribution in [0, 0.1) is 0 Å². The van der Waals surface area contributed by atoms with Crippen molar-refractivity contribution in [3.63, 3.8) is 0 Å². The summed E-state index contributed by atoms with van der Waals surface area (Å²) >= 11 is 0. The highest BCUT2D eigenvalue weighted by molar-refractivity contribution is 5.97. The molecule has 0 aromatic carbocycles. The van der Waals surface area contributed by atoms with E-state index in [4.69, 9.17) is 17.2 Å². The van der Waals surface area contributed by atoms with Crippen molar-refractivity contribution < 1.29 is 9.59 Å². The number of carbonyl (C=O) groups excluding carboxylic acids is 2. The number of anilines is 2. The minimum atomic E-state index is -0.765. The van der Waals surface area contributed by atoms with Crippen molar-refractivity contribution in [2.45, 2.75) is 19.4 Å². The molecule has 0 aliphatic heterocycles. The van der Waals surface area contributed by atoms with Crippen LogP contribution in [-0.4, -0.2) is 41.1 Å². The Balaban J connectivity index is 3.17. The van der Waals surface area contributed by atoms with E-state index in [0.29, 0.717) is 12.1 Å². The highest BCUT2D eigenvalue weighted by atomic mass is 16.1. The molecule has 124 valence electrons. The van der Waals surface area contributed by atoms with Crippen molar-refractivity contribution in [3.8, 4) is 0 Å². The van der Waals surface area contributed by atoms with Gasteiger partial charge >= 0.3 is 0 Å². The Labute approximate surface area is 133 Å². The van der Waals surface area contributed by atoms with Gasteiger partial charge in [0.1, 0.15) is 11.9 Å². The molecule has 0 saturated heterocycles. The van der Waals surface area contributed by atoms with E-state index in [2.05, 4.69) is 25.6 Å². The molecule has 0 saturated carbocycles. The molecule has 1 rings (SSSR count). The molecule has 0 bridgehead atoms. The monoisotopic (exact) mass is 320 g/mol. The van der Waals surface area contributed by atoms with E-state index in [9.17, 15) is 9.59 Å². The number of hydrogen-bond donors (Lipinski definition) is 5. The van der Waals surface area contributed by atoms with Gasteiger partial charge in [0.2, 0.25) is 5.91 Å². The first-order valence-corrected chi connectivity index (χ1v) is 6.76. The van der Waals surface area contributed by atoms with Crippen LogP contribution in [0.4, 0.5) is 11.6 Å². The van der Waals surface area contributed by atoms with Gasteiger partial charge in [-0.3, -0.25) is 14.6 Å². The zero-order chi connectivity index (χ0) is 17.4. The molecule has 10 heteroatoms. The lowest BCUT2D eigenvalue weighted by Gasteiger charge is -2.15. The molecule has 0 radical (unpaired) electrons. The molecule has 1 aromatic heterocycles. The topological polar surface area (TPSA) is 174 Å². The summed E-state index contributed by atoms with van der Waals surface area (Å²) in [6.07, 6.45) is 4.44. The molecule has 1 atom stereocenters. The number of allylic oxidation sites excluding steroid dienone is 1. The molecule has 0 unspecified atom stereocenters. The van der Waals surface area contributed by atoms with Crippen LogP contribution in [0.2, 0.25) is 0 Å². The predicted molar refractivity (Wildman–Crippen MR) is 87.8 cm³/mol. The summed E-state index contributed by atoms with van der Waals surface area (Å²) in [6, 6.07) is -0.613. The quantitative estimate of drug-likeness (QED) is 0.388. The fraction of sp³-hybridized carbons (Fsp3) is 0.308. The summed E-state index contributed by atoms with van der Waals surface area (Å²) < 4.78 is 0. The van der Waals surface area contributed by atoms with Crippen LogP contribution in [0.5, 0.6) is 0 Å². The van der Waals surface area contributed by atoms with Crippen molar-refractivity contribution in [2.75, 3.05) is 17.7 Å². The third-order valence-corrected chi connectivity index (χ3v) is 2.79. The summed E-state index contributed by atoms with van der Waals surface area (Å²) in [4.78, 5) is 34.7. The van der Waals surface area contributed by atoms with E-state index in [1.54, 1.807) is 14.0 Å². The summed E-state index contributed by atoms with van der Waals surface area (Å²) in [7, 11) is 1.56. The first kappa shape index (κ1) is 17.9. The molecule has 0 spiro atoms.